The van der Waals surface area contributed by atoms with Crippen molar-refractivity contribution >= 4 is 17.5 Å². The van der Waals surface area contributed by atoms with Crippen molar-refractivity contribution in [2.24, 2.45) is 5.92 Å². The molecule has 8 heteroatoms. The molecule has 0 aliphatic carbocycles. The highest BCUT2D eigenvalue weighted by Gasteiger charge is 2.45. The predicted molar refractivity (Wildman–Crippen MR) is 67.4 cm³/mol. The summed E-state index contributed by atoms with van der Waals surface area (Å²) in [4.78, 5) is 23.5. The van der Waals surface area contributed by atoms with Crippen molar-refractivity contribution in [3.63, 3.8) is 0 Å². The van der Waals surface area contributed by atoms with E-state index in [1.54, 1.807) is 0 Å². The first-order valence-electron chi connectivity index (χ1n) is 6.24. The maximum Gasteiger partial charge on any atom is 0.408 e. The van der Waals surface area contributed by atoms with Crippen LogP contribution in [0.5, 0.6) is 5.75 Å². The number of carbonyl (C=O) groups excluding carboxylic acids is 2. The molecule has 0 radical (unpaired) electrons. The zero-order valence-corrected chi connectivity index (χ0v) is 10.8. The summed E-state index contributed by atoms with van der Waals surface area (Å²) in [6.45, 7) is 0. The van der Waals surface area contributed by atoms with E-state index in [4.69, 9.17) is 0 Å². The molecule has 0 spiro atoms. The fourth-order valence-electron chi connectivity index (χ4n) is 2.12. The monoisotopic (exact) mass is 302 g/mol. The average Bonchev–Trinajstić information content (AvgIpc) is 2.37. The number of nitrogens with one attached hydrogen (secondary N) is 2. The highest BCUT2D eigenvalue weighted by molar-refractivity contribution is 6.06. The molecule has 2 rings (SSSR count). The fraction of sp³-hybridized carbons (Fsp3) is 0.385. The van der Waals surface area contributed by atoms with Crippen molar-refractivity contribution < 1.29 is 27.9 Å². The van der Waals surface area contributed by atoms with Gasteiger partial charge in [-0.2, -0.15) is 13.2 Å². The van der Waals surface area contributed by atoms with Crippen molar-refractivity contribution in [1.82, 2.24) is 5.32 Å². The van der Waals surface area contributed by atoms with Crippen LogP contribution in [0.2, 0.25) is 0 Å². The Kier molecular flexibility index (Phi) is 4.06. The zero-order valence-electron chi connectivity index (χ0n) is 10.8. The normalized spacial score (nSPS) is 22.5. The number of piperidine rings is 1. The molecule has 0 aromatic heterocycles. The summed E-state index contributed by atoms with van der Waals surface area (Å²) in [7, 11) is 0. The van der Waals surface area contributed by atoms with Crippen molar-refractivity contribution in [2.75, 3.05) is 5.32 Å². The van der Waals surface area contributed by atoms with Crippen LogP contribution in [-0.2, 0) is 9.59 Å². The van der Waals surface area contributed by atoms with E-state index in [9.17, 15) is 27.9 Å². The molecule has 1 fully saturated rings. The quantitative estimate of drug-likeness (QED) is 0.729. The Morgan fingerprint density at radius 2 is 2.05 bits per heavy atom. The molecule has 1 aromatic carbocycles. The van der Waals surface area contributed by atoms with Gasteiger partial charge < -0.3 is 15.7 Å². The van der Waals surface area contributed by atoms with Gasteiger partial charge in [-0.3, -0.25) is 9.59 Å². The Morgan fingerprint density at radius 3 is 2.62 bits per heavy atom. The molecule has 3 N–H and O–H groups in total. The van der Waals surface area contributed by atoms with Gasteiger partial charge in [-0.1, -0.05) is 6.07 Å². The minimum Gasteiger partial charge on any atom is -0.508 e. The van der Waals surface area contributed by atoms with Crippen LogP contribution in [0.15, 0.2) is 24.3 Å². The van der Waals surface area contributed by atoms with Gasteiger partial charge in [0.25, 0.3) is 0 Å². The first kappa shape index (κ1) is 15.1. The number of aromatic hydroxyl groups is 1. The highest BCUT2D eigenvalue weighted by Crippen LogP contribution is 2.29. The molecule has 114 valence electrons. The first-order chi connectivity index (χ1) is 9.77. The number of rotatable bonds is 2. The first-order valence-corrected chi connectivity index (χ1v) is 6.24. The maximum absolute atomic E-state index is 12.5. The van der Waals surface area contributed by atoms with Crippen LogP contribution < -0.4 is 10.6 Å². The number of halogens is 3. The van der Waals surface area contributed by atoms with Crippen molar-refractivity contribution in [2.45, 2.75) is 25.1 Å². The Morgan fingerprint density at radius 1 is 1.33 bits per heavy atom. The summed E-state index contributed by atoms with van der Waals surface area (Å²) in [5.41, 5.74) is 0.269. The van der Waals surface area contributed by atoms with E-state index < -0.39 is 30.0 Å². The lowest BCUT2D eigenvalue weighted by molar-refractivity contribution is -0.170. The molecule has 1 heterocycles. The Hall–Kier alpha value is -2.25. The van der Waals surface area contributed by atoms with E-state index in [1.807, 2.05) is 5.32 Å². The fourth-order valence-corrected chi connectivity index (χ4v) is 2.12. The van der Waals surface area contributed by atoms with Crippen LogP contribution in [0, 0.1) is 5.92 Å². The molecular weight excluding hydrogens is 289 g/mol. The molecule has 5 nitrogen and oxygen atoms in total. The van der Waals surface area contributed by atoms with Crippen molar-refractivity contribution in [3.05, 3.63) is 24.3 Å². The largest absolute Gasteiger partial charge is 0.508 e. The number of alkyl halides is 3. The van der Waals surface area contributed by atoms with Crippen LogP contribution >= 0.6 is 0 Å². The summed E-state index contributed by atoms with van der Waals surface area (Å²) < 4.78 is 37.5. The van der Waals surface area contributed by atoms with Crippen LogP contribution in [-0.4, -0.2) is 29.1 Å². The minimum atomic E-state index is -4.51. The number of anilines is 1. The number of amides is 2. The van der Waals surface area contributed by atoms with Crippen LogP contribution in [0.1, 0.15) is 12.8 Å². The standard InChI is InChI=1S/C13H13F3N2O3/c14-13(15,16)10-5-4-9(12(21)18-10)11(20)17-7-2-1-3-8(19)6-7/h1-3,6,9-10,19H,4-5H2,(H,17,20)(H,18,21). The molecule has 1 aromatic rings. The lowest BCUT2D eigenvalue weighted by Gasteiger charge is -2.29. The number of benzene rings is 1. The van der Waals surface area contributed by atoms with E-state index in [2.05, 4.69) is 5.32 Å². The third-order valence-electron chi connectivity index (χ3n) is 3.20. The van der Waals surface area contributed by atoms with E-state index in [-0.39, 0.29) is 24.3 Å². The molecule has 0 saturated carbocycles. The summed E-state index contributed by atoms with van der Waals surface area (Å²) in [6, 6.07) is 3.76. The minimum absolute atomic E-state index is 0.0713. The number of hydrogen-bond donors (Lipinski definition) is 3. The van der Waals surface area contributed by atoms with Gasteiger partial charge in [0, 0.05) is 11.8 Å². The third-order valence-corrected chi connectivity index (χ3v) is 3.20. The smallest absolute Gasteiger partial charge is 0.408 e. The molecule has 21 heavy (non-hydrogen) atoms. The lowest BCUT2D eigenvalue weighted by atomic mass is 9.92. The van der Waals surface area contributed by atoms with E-state index in [0.717, 1.165) is 0 Å². The molecule has 1 aliphatic heterocycles. The summed E-state index contributed by atoms with van der Waals surface area (Å²) in [5.74, 6) is -2.89. The molecule has 2 atom stereocenters. The van der Waals surface area contributed by atoms with Crippen LogP contribution in [0.3, 0.4) is 0 Å². The second kappa shape index (κ2) is 5.63. The van der Waals surface area contributed by atoms with Gasteiger partial charge in [0.1, 0.15) is 17.7 Å². The Balaban J connectivity index is 2.00. The summed E-state index contributed by atoms with van der Waals surface area (Å²) in [6.07, 6.45) is -5.03. The summed E-state index contributed by atoms with van der Waals surface area (Å²) >= 11 is 0. The van der Waals surface area contributed by atoms with Crippen LogP contribution in [0.4, 0.5) is 18.9 Å². The molecule has 1 saturated heterocycles. The third kappa shape index (κ3) is 3.65. The number of carbonyl (C=O) groups is 2. The number of phenols is 1. The molecule has 0 bridgehead atoms. The predicted octanol–water partition coefficient (Wildman–Crippen LogP) is 1.79. The Bertz CT molecular complexity index is 560. The van der Waals surface area contributed by atoms with Crippen molar-refractivity contribution in [1.29, 1.82) is 0 Å². The summed E-state index contributed by atoms with van der Waals surface area (Å²) in [5, 5.41) is 13.5. The van der Waals surface area contributed by atoms with Gasteiger partial charge in [-0.15, -0.1) is 0 Å². The maximum atomic E-state index is 12.5. The van der Waals surface area contributed by atoms with Gasteiger partial charge in [0.15, 0.2) is 0 Å². The van der Waals surface area contributed by atoms with E-state index in [0.29, 0.717) is 0 Å². The number of hydrogen-bond acceptors (Lipinski definition) is 3. The van der Waals surface area contributed by atoms with E-state index in [1.165, 1.54) is 24.3 Å². The van der Waals surface area contributed by atoms with Gasteiger partial charge in [-0.25, -0.2) is 0 Å². The van der Waals surface area contributed by atoms with Gasteiger partial charge >= 0.3 is 6.18 Å². The highest BCUT2D eigenvalue weighted by atomic mass is 19.4. The molecular formula is C13H13F3N2O3. The molecule has 2 unspecified atom stereocenters. The van der Waals surface area contributed by atoms with Crippen molar-refractivity contribution in [3.8, 4) is 5.75 Å². The van der Waals surface area contributed by atoms with Gasteiger partial charge in [0.2, 0.25) is 11.8 Å². The van der Waals surface area contributed by atoms with Crippen LogP contribution in [0.25, 0.3) is 0 Å². The number of phenolic OH excluding ortho intramolecular Hbond substituents is 1. The molecule has 1 aliphatic rings. The SMILES string of the molecule is O=C(Nc1cccc(O)c1)C1CCC(C(F)(F)F)NC1=O. The Labute approximate surface area is 118 Å². The average molecular weight is 302 g/mol. The van der Waals surface area contributed by atoms with Gasteiger partial charge in [0.05, 0.1) is 0 Å². The lowest BCUT2D eigenvalue weighted by Crippen LogP contribution is -2.53. The molecule has 2 amide bonds. The van der Waals surface area contributed by atoms with Gasteiger partial charge in [-0.05, 0) is 25.0 Å². The van der Waals surface area contributed by atoms with E-state index >= 15 is 0 Å². The zero-order chi connectivity index (χ0) is 15.6. The second-order valence-corrected chi connectivity index (χ2v) is 4.77. The second-order valence-electron chi connectivity index (χ2n) is 4.77. The topological polar surface area (TPSA) is 78.4 Å².